The zero-order valence-corrected chi connectivity index (χ0v) is 13.1. The minimum Gasteiger partial charge on any atom is -0.480 e. The van der Waals surface area contributed by atoms with Crippen LogP contribution in [0.15, 0.2) is 30.3 Å². The minimum absolute atomic E-state index is 0.0809. The molecule has 6 heteroatoms. The van der Waals surface area contributed by atoms with Crippen molar-refractivity contribution in [3.05, 3.63) is 40.9 Å². The van der Waals surface area contributed by atoms with Crippen LogP contribution in [0.25, 0.3) is 6.08 Å². The molecule has 112 valence electrons. The molecule has 2 rings (SSSR count). The number of amides is 1. The number of hydrogen-bond acceptors (Lipinski definition) is 3. The first kappa shape index (κ1) is 15.9. The van der Waals surface area contributed by atoms with Crippen molar-refractivity contribution in [2.75, 3.05) is 5.75 Å². The molecule has 21 heavy (non-hydrogen) atoms. The molecule has 1 amide bonds. The SMILES string of the molecule is CCC1SCC(C(=O)O)N1C(=O)C=Cc1cccc(Cl)c1. The average molecular weight is 326 g/mol. The van der Waals surface area contributed by atoms with E-state index in [4.69, 9.17) is 11.6 Å². The topological polar surface area (TPSA) is 57.6 Å². The van der Waals surface area contributed by atoms with Gasteiger partial charge in [0.05, 0.1) is 5.37 Å². The van der Waals surface area contributed by atoms with Crippen molar-refractivity contribution < 1.29 is 14.7 Å². The molecule has 1 N–H and O–H groups in total. The predicted molar refractivity (Wildman–Crippen MR) is 85.3 cm³/mol. The first-order valence-electron chi connectivity index (χ1n) is 6.63. The van der Waals surface area contributed by atoms with E-state index in [2.05, 4.69) is 0 Å². The Labute approximate surface area is 132 Å². The van der Waals surface area contributed by atoms with Crippen LogP contribution >= 0.6 is 23.4 Å². The molecular formula is C15H16ClNO3S. The van der Waals surface area contributed by atoms with Gasteiger partial charge < -0.3 is 10.0 Å². The molecule has 0 aliphatic carbocycles. The summed E-state index contributed by atoms with van der Waals surface area (Å²) in [6.45, 7) is 1.95. The van der Waals surface area contributed by atoms with E-state index in [0.29, 0.717) is 10.8 Å². The zero-order chi connectivity index (χ0) is 15.4. The molecule has 2 unspecified atom stereocenters. The van der Waals surface area contributed by atoms with E-state index in [9.17, 15) is 14.7 Å². The second-order valence-electron chi connectivity index (χ2n) is 4.68. The summed E-state index contributed by atoms with van der Waals surface area (Å²) >= 11 is 7.40. The molecule has 0 spiro atoms. The van der Waals surface area contributed by atoms with Crippen LogP contribution in [0, 0.1) is 0 Å². The molecule has 1 heterocycles. The molecule has 0 saturated carbocycles. The van der Waals surface area contributed by atoms with Crippen LogP contribution in [0.2, 0.25) is 5.02 Å². The van der Waals surface area contributed by atoms with Gasteiger partial charge in [0, 0.05) is 16.9 Å². The monoisotopic (exact) mass is 325 g/mol. The molecule has 0 aromatic heterocycles. The predicted octanol–water partition coefficient (Wildman–Crippen LogP) is 3.12. The lowest BCUT2D eigenvalue weighted by atomic mass is 10.2. The third-order valence-electron chi connectivity index (χ3n) is 3.25. The molecule has 2 atom stereocenters. The lowest BCUT2D eigenvalue weighted by molar-refractivity contribution is -0.147. The standard InChI is InChI=1S/C15H16ClNO3S/c1-2-14-17(12(9-21-14)15(19)20)13(18)7-6-10-4-3-5-11(16)8-10/h3-8,12,14H,2,9H2,1H3,(H,19,20). The summed E-state index contributed by atoms with van der Waals surface area (Å²) in [6, 6.07) is 6.38. The van der Waals surface area contributed by atoms with Gasteiger partial charge in [0.2, 0.25) is 5.91 Å². The molecular weight excluding hydrogens is 310 g/mol. The summed E-state index contributed by atoms with van der Waals surface area (Å²) in [5, 5.41) is 9.73. The maximum atomic E-state index is 12.3. The number of nitrogens with zero attached hydrogens (tertiary/aromatic N) is 1. The van der Waals surface area contributed by atoms with Gasteiger partial charge in [0.15, 0.2) is 0 Å². The first-order valence-corrected chi connectivity index (χ1v) is 8.06. The lowest BCUT2D eigenvalue weighted by Crippen LogP contribution is -2.44. The molecule has 1 aromatic carbocycles. The van der Waals surface area contributed by atoms with Crippen molar-refractivity contribution in [3.8, 4) is 0 Å². The molecule has 1 aliphatic rings. The molecule has 1 fully saturated rings. The number of carbonyl (C=O) groups is 2. The molecule has 4 nitrogen and oxygen atoms in total. The number of carbonyl (C=O) groups excluding carboxylic acids is 1. The van der Waals surface area contributed by atoms with Crippen LogP contribution in [0.4, 0.5) is 0 Å². The number of halogens is 1. The summed E-state index contributed by atoms with van der Waals surface area (Å²) in [4.78, 5) is 25.0. The van der Waals surface area contributed by atoms with E-state index >= 15 is 0 Å². The van der Waals surface area contributed by atoms with Gasteiger partial charge in [0.1, 0.15) is 6.04 Å². The fraction of sp³-hybridized carbons (Fsp3) is 0.333. The van der Waals surface area contributed by atoms with Crippen LogP contribution in [-0.2, 0) is 9.59 Å². The molecule has 1 aromatic rings. The fourth-order valence-electron chi connectivity index (χ4n) is 2.23. The maximum absolute atomic E-state index is 12.3. The summed E-state index contributed by atoms with van der Waals surface area (Å²) in [7, 11) is 0. The number of aliphatic carboxylic acids is 1. The average Bonchev–Trinajstić information content (AvgIpc) is 2.89. The van der Waals surface area contributed by atoms with Gasteiger partial charge in [-0.25, -0.2) is 4.79 Å². The van der Waals surface area contributed by atoms with Gasteiger partial charge in [-0.05, 0) is 30.2 Å². The molecule has 0 bridgehead atoms. The summed E-state index contributed by atoms with van der Waals surface area (Å²) in [5.41, 5.74) is 0.808. The fourth-order valence-corrected chi connectivity index (χ4v) is 3.78. The van der Waals surface area contributed by atoms with E-state index in [1.165, 1.54) is 22.7 Å². The third kappa shape index (κ3) is 3.80. The summed E-state index contributed by atoms with van der Waals surface area (Å²) in [5.74, 6) is -0.799. The van der Waals surface area contributed by atoms with Crippen molar-refractivity contribution in [2.24, 2.45) is 0 Å². The second-order valence-corrected chi connectivity index (χ2v) is 6.33. The Bertz CT molecular complexity index is 576. The maximum Gasteiger partial charge on any atom is 0.327 e. The number of rotatable bonds is 4. The third-order valence-corrected chi connectivity index (χ3v) is 4.94. The number of benzene rings is 1. The minimum atomic E-state index is -0.956. The smallest absolute Gasteiger partial charge is 0.327 e. The van der Waals surface area contributed by atoms with Crippen LogP contribution < -0.4 is 0 Å². The largest absolute Gasteiger partial charge is 0.480 e. The second kappa shape index (κ2) is 7.00. The molecule has 0 radical (unpaired) electrons. The zero-order valence-electron chi connectivity index (χ0n) is 11.5. The van der Waals surface area contributed by atoms with Gasteiger partial charge in [-0.3, -0.25) is 4.79 Å². The van der Waals surface area contributed by atoms with Gasteiger partial charge >= 0.3 is 5.97 Å². The van der Waals surface area contributed by atoms with Crippen molar-refractivity contribution in [3.63, 3.8) is 0 Å². The van der Waals surface area contributed by atoms with Gasteiger partial charge in [-0.15, -0.1) is 11.8 Å². The van der Waals surface area contributed by atoms with Crippen LogP contribution in [0.5, 0.6) is 0 Å². The highest BCUT2D eigenvalue weighted by Crippen LogP contribution is 2.31. The Hall–Kier alpha value is -1.46. The molecule has 1 aliphatic heterocycles. The van der Waals surface area contributed by atoms with Crippen molar-refractivity contribution in [1.82, 2.24) is 4.90 Å². The quantitative estimate of drug-likeness (QED) is 0.864. The van der Waals surface area contributed by atoms with Crippen LogP contribution in [0.3, 0.4) is 0 Å². The van der Waals surface area contributed by atoms with Crippen molar-refractivity contribution >= 4 is 41.3 Å². The van der Waals surface area contributed by atoms with Gasteiger partial charge in [0.25, 0.3) is 0 Å². The number of thioether (sulfide) groups is 1. The Balaban J connectivity index is 2.15. The van der Waals surface area contributed by atoms with E-state index in [1.54, 1.807) is 24.3 Å². The Morgan fingerprint density at radius 3 is 2.90 bits per heavy atom. The number of carboxylic acids is 1. The van der Waals surface area contributed by atoms with Crippen LogP contribution in [0.1, 0.15) is 18.9 Å². The van der Waals surface area contributed by atoms with E-state index in [-0.39, 0.29) is 11.3 Å². The first-order chi connectivity index (χ1) is 10.0. The highest BCUT2D eigenvalue weighted by molar-refractivity contribution is 8.00. The normalized spacial score (nSPS) is 21.9. The van der Waals surface area contributed by atoms with Crippen molar-refractivity contribution in [2.45, 2.75) is 24.8 Å². The van der Waals surface area contributed by atoms with E-state index in [0.717, 1.165) is 12.0 Å². The van der Waals surface area contributed by atoms with Crippen LogP contribution in [-0.4, -0.2) is 39.1 Å². The molecule has 1 saturated heterocycles. The highest BCUT2D eigenvalue weighted by atomic mass is 35.5. The Morgan fingerprint density at radius 1 is 1.52 bits per heavy atom. The summed E-state index contributed by atoms with van der Waals surface area (Å²) < 4.78 is 0. The lowest BCUT2D eigenvalue weighted by Gasteiger charge is -2.25. The van der Waals surface area contributed by atoms with Crippen molar-refractivity contribution in [1.29, 1.82) is 0 Å². The Morgan fingerprint density at radius 2 is 2.29 bits per heavy atom. The number of hydrogen-bond donors (Lipinski definition) is 1. The summed E-state index contributed by atoms with van der Waals surface area (Å²) in [6.07, 6.45) is 3.80. The van der Waals surface area contributed by atoms with Gasteiger partial charge in [-0.2, -0.15) is 0 Å². The van der Waals surface area contributed by atoms with E-state index < -0.39 is 12.0 Å². The van der Waals surface area contributed by atoms with Gasteiger partial charge in [-0.1, -0.05) is 30.7 Å². The number of carboxylic acid groups (broad SMARTS) is 1. The highest BCUT2D eigenvalue weighted by Gasteiger charge is 2.39. The Kier molecular flexibility index (Phi) is 5.31. The van der Waals surface area contributed by atoms with E-state index in [1.807, 2.05) is 13.0 Å².